The van der Waals surface area contributed by atoms with Crippen LogP contribution < -0.4 is 0 Å². The highest BCUT2D eigenvalue weighted by Crippen LogP contribution is 2.31. The molecule has 2 heterocycles. The minimum Gasteiger partial charge on any atom is -0.384 e. The second-order valence-electron chi connectivity index (χ2n) is 6.71. The van der Waals surface area contributed by atoms with Crippen molar-refractivity contribution in [2.75, 3.05) is 26.8 Å². The Morgan fingerprint density at radius 3 is 2.65 bits per heavy atom. The van der Waals surface area contributed by atoms with Gasteiger partial charge in [-0.15, -0.1) is 0 Å². The van der Waals surface area contributed by atoms with Crippen LogP contribution >= 0.6 is 0 Å². The molecule has 126 valence electrons. The van der Waals surface area contributed by atoms with E-state index >= 15 is 0 Å². The van der Waals surface area contributed by atoms with E-state index in [4.69, 9.17) is 4.74 Å². The van der Waals surface area contributed by atoms with E-state index in [2.05, 4.69) is 40.1 Å². The molecule has 1 amide bonds. The van der Waals surface area contributed by atoms with Crippen LogP contribution in [0.1, 0.15) is 37.7 Å². The van der Waals surface area contributed by atoms with Gasteiger partial charge in [0.05, 0.1) is 13.0 Å². The summed E-state index contributed by atoms with van der Waals surface area (Å²) in [5.41, 5.74) is 1.37. The summed E-state index contributed by atoms with van der Waals surface area (Å²) in [6.07, 6.45) is 5.26. The third-order valence-electron chi connectivity index (χ3n) is 5.23. The quantitative estimate of drug-likeness (QED) is 0.809. The molecule has 2 atom stereocenters. The Kier molecular flexibility index (Phi) is 5.68. The number of ether oxygens (including phenoxy) is 1. The van der Waals surface area contributed by atoms with Crippen LogP contribution in [0.2, 0.25) is 0 Å². The minimum atomic E-state index is 0.265. The Morgan fingerprint density at radius 2 is 1.87 bits per heavy atom. The molecule has 0 unspecified atom stereocenters. The first-order valence-electron chi connectivity index (χ1n) is 8.86. The smallest absolute Gasteiger partial charge is 0.225 e. The topological polar surface area (TPSA) is 32.8 Å². The van der Waals surface area contributed by atoms with Crippen molar-refractivity contribution < 1.29 is 9.53 Å². The molecule has 2 fully saturated rings. The number of nitrogens with zero attached hydrogens (tertiary/aromatic N) is 2. The molecule has 0 aliphatic carbocycles. The van der Waals surface area contributed by atoms with Crippen LogP contribution in [0.15, 0.2) is 30.3 Å². The van der Waals surface area contributed by atoms with Gasteiger partial charge in [-0.1, -0.05) is 30.3 Å². The van der Waals surface area contributed by atoms with Crippen molar-refractivity contribution in [2.45, 2.75) is 50.7 Å². The summed E-state index contributed by atoms with van der Waals surface area (Å²) in [5.74, 6) is 0.265. The molecule has 4 nitrogen and oxygen atoms in total. The number of likely N-dealkylation sites (tertiary alicyclic amines) is 2. The number of carbonyl (C=O) groups excluding carboxylic acids is 1. The van der Waals surface area contributed by atoms with Crippen molar-refractivity contribution in [2.24, 2.45) is 0 Å². The lowest BCUT2D eigenvalue weighted by Crippen LogP contribution is -2.48. The van der Waals surface area contributed by atoms with Gasteiger partial charge in [0.2, 0.25) is 5.91 Å². The molecule has 0 saturated carbocycles. The molecule has 23 heavy (non-hydrogen) atoms. The number of benzene rings is 1. The largest absolute Gasteiger partial charge is 0.384 e. The van der Waals surface area contributed by atoms with Gasteiger partial charge in [0.1, 0.15) is 0 Å². The van der Waals surface area contributed by atoms with Crippen LogP contribution in [0.5, 0.6) is 0 Å². The molecule has 3 rings (SSSR count). The Bertz CT molecular complexity index is 505. The van der Waals surface area contributed by atoms with Gasteiger partial charge in [-0.3, -0.25) is 9.69 Å². The number of hydrogen-bond donors (Lipinski definition) is 0. The lowest BCUT2D eigenvalue weighted by Gasteiger charge is -2.35. The van der Waals surface area contributed by atoms with E-state index in [1.807, 2.05) is 0 Å². The SMILES string of the molecule is COCCC(=O)N1CCC[C@H]1[C@@H]1CCCN1Cc1ccccc1. The molecule has 4 heteroatoms. The third-order valence-corrected chi connectivity index (χ3v) is 5.23. The lowest BCUT2D eigenvalue weighted by molar-refractivity contribution is -0.134. The Labute approximate surface area is 139 Å². The normalized spacial score (nSPS) is 25.2. The van der Waals surface area contributed by atoms with Crippen LogP contribution in [0, 0.1) is 0 Å². The fraction of sp³-hybridized carbons (Fsp3) is 0.632. The molecule has 1 aromatic rings. The Morgan fingerprint density at radius 1 is 1.13 bits per heavy atom. The number of rotatable bonds is 6. The second kappa shape index (κ2) is 7.93. The van der Waals surface area contributed by atoms with Crippen molar-refractivity contribution in [1.29, 1.82) is 0 Å². The zero-order chi connectivity index (χ0) is 16.1. The zero-order valence-electron chi connectivity index (χ0n) is 14.1. The Hall–Kier alpha value is -1.39. The van der Waals surface area contributed by atoms with Gasteiger partial charge < -0.3 is 9.64 Å². The molecule has 0 N–H and O–H groups in total. The van der Waals surface area contributed by atoms with Gasteiger partial charge >= 0.3 is 0 Å². The molecular weight excluding hydrogens is 288 g/mol. The molecule has 2 aliphatic heterocycles. The highest BCUT2D eigenvalue weighted by molar-refractivity contribution is 5.77. The monoisotopic (exact) mass is 316 g/mol. The number of hydrogen-bond acceptors (Lipinski definition) is 3. The van der Waals surface area contributed by atoms with Crippen LogP contribution in [0.25, 0.3) is 0 Å². The summed E-state index contributed by atoms with van der Waals surface area (Å²) in [7, 11) is 1.66. The maximum absolute atomic E-state index is 12.5. The average Bonchev–Trinajstić information content (AvgIpc) is 3.22. The van der Waals surface area contributed by atoms with Gasteiger partial charge in [-0.25, -0.2) is 0 Å². The van der Waals surface area contributed by atoms with Crippen LogP contribution in [0.4, 0.5) is 0 Å². The lowest BCUT2D eigenvalue weighted by atomic mass is 10.0. The first kappa shape index (κ1) is 16.5. The summed E-state index contributed by atoms with van der Waals surface area (Å²) >= 11 is 0. The Balaban J connectivity index is 1.65. The molecule has 0 radical (unpaired) electrons. The molecule has 2 saturated heterocycles. The second-order valence-corrected chi connectivity index (χ2v) is 6.71. The van der Waals surface area contributed by atoms with E-state index in [-0.39, 0.29) is 5.91 Å². The van der Waals surface area contributed by atoms with Gasteiger partial charge in [-0.05, 0) is 37.8 Å². The molecular formula is C19H28N2O2. The van der Waals surface area contributed by atoms with Crippen molar-refractivity contribution in [3.8, 4) is 0 Å². The van der Waals surface area contributed by atoms with Gasteiger partial charge in [-0.2, -0.15) is 0 Å². The van der Waals surface area contributed by atoms with Gasteiger partial charge in [0.25, 0.3) is 0 Å². The van der Waals surface area contributed by atoms with E-state index in [0.717, 1.165) is 32.5 Å². The molecule has 0 bridgehead atoms. The van der Waals surface area contributed by atoms with Crippen LogP contribution in [0.3, 0.4) is 0 Å². The van der Waals surface area contributed by atoms with Crippen LogP contribution in [-0.2, 0) is 16.1 Å². The molecule has 1 aromatic carbocycles. The van der Waals surface area contributed by atoms with E-state index in [9.17, 15) is 4.79 Å². The van der Waals surface area contributed by atoms with E-state index in [1.54, 1.807) is 7.11 Å². The number of carbonyl (C=O) groups is 1. The van der Waals surface area contributed by atoms with Crippen molar-refractivity contribution in [3.63, 3.8) is 0 Å². The van der Waals surface area contributed by atoms with Gasteiger partial charge in [0.15, 0.2) is 0 Å². The molecule has 0 aromatic heterocycles. The van der Waals surface area contributed by atoms with Crippen molar-refractivity contribution in [3.05, 3.63) is 35.9 Å². The predicted octanol–water partition coefficient (Wildman–Crippen LogP) is 2.68. The van der Waals surface area contributed by atoms with Gasteiger partial charge in [0, 0.05) is 32.3 Å². The first-order chi connectivity index (χ1) is 11.3. The third kappa shape index (κ3) is 3.93. The summed E-state index contributed by atoms with van der Waals surface area (Å²) in [5, 5.41) is 0. The van der Waals surface area contributed by atoms with Crippen molar-refractivity contribution >= 4 is 5.91 Å². The van der Waals surface area contributed by atoms with E-state index < -0.39 is 0 Å². The summed E-state index contributed by atoms with van der Waals surface area (Å²) in [4.78, 5) is 17.2. The summed E-state index contributed by atoms with van der Waals surface area (Å²) in [6.45, 7) is 3.60. The molecule has 2 aliphatic rings. The maximum Gasteiger partial charge on any atom is 0.225 e. The molecule has 0 spiro atoms. The standard InChI is InChI=1S/C19H28N2O2/c1-23-14-11-19(22)21-13-6-10-18(21)17-9-5-12-20(17)15-16-7-3-2-4-8-16/h2-4,7-8,17-18H,5-6,9-15H2,1H3/t17-,18-/m0/s1. The number of methoxy groups -OCH3 is 1. The average molecular weight is 316 g/mol. The van der Waals surface area contributed by atoms with Crippen LogP contribution in [-0.4, -0.2) is 54.6 Å². The van der Waals surface area contributed by atoms with E-state index in [0.29, 0.717) is 25.1 Å². The fourth-order valence-corrected chi connectivity index (χ4v) is 4.14. The zero-order valence-corrected chi connectivity index (χ0v) is 14.1. The van der Waals surface area contributed by atoms with Crippen molar-refractivity contribution in [1.82, 2.24) is 9.80 Å². The first-order valence-corrected chi connectivity index (χ1v) is 8.86. The predicted molar refractivity (Wildman–Crippen MR) is 91.1 cm³/mol. The van der Waals surface area contributed by atoms with E-state index in [1.165, 1.54) is 18.4 Å². The minimum absolute atomic E-state index is 0.265. The highest BCUT2D eigenvalue weighted by Gasteiger charge is 2.39. The summed E-state index contributed by atoms with van der Waals surface area (Å²) < 4.78 is 5.07. The fourth-order valence-electron chi connectivity index (χ4n) is 4.14. The highest BCUT2D eigenvalue weighted by atomic mass is 16.5. The number of amides is 1. The summed E-state index contributed by atoms with van der Waals surface area (Å²) in [6, 6.07) is 11.6. The maximum atomic E-state index is 12.5.